The zero-order valence-corrected chi connectivity index (χ0v) is 13.0. The van der Waals surface area contributed by atoms with Crippen molar-refractivity contribution in [1.29, 1.82) is 0 Å². The molecule has 0 radical (unpaired) electrons. The number of hydrogen-bond donors (Lipinski definition) is 2. The van der Waals surface area contributed by atoms with E-state index in [1.54, 1.807) is 0 Å². The molecule has 0 bridgehead atoms. The van der Waals surface area contributed by atoms with E-state index < -0.39 is 6.10 Å². The lowest BCUT2D eigenvalue weighted by atomic mass is 10.1. The molecule has 0 aliphatic carbocycles. The Morgan fingerprint density at radius 1 is 1.32 bits per heavy atom. The minimum Gasteiger partial charge on any atom is -0.388 e. The summed E-state index contributed by atoms with van der Waals surface area (Å²) in [7, 11) is 0. The first-order chi connectivity index (χ1) is 10.6. The average molecular weight is 302 g/mol. The zero-order valence-electron chi connectivity index (χ0n) is 13.0. The van der Waals surface area contributed by atoms with Gasteiger partial charge in [-0.3, -0.25) is 4.79 Å². The molecule has 1 unspecified atom stereocenters. The third kappa shape index (κ3) is 4.43. The lowest BCUT2D eigenvalue weighted by Gasteiger charge is -2.11. The Morgan fingerprint density at radius 3 is 2.68 bits per heavy atom. The molecule has 22 heavy (non-hydrogen) atoms. The lowest BCUT2D eigenvalue weighted by molar-refractivity contribution is -0.123. The molecule has 5 nitrogen and oxygen atoms in total. The van der Waals surface area contributed by atoms with Crippen molar-refractivity contribution in [2.24, 2.45) is 0 Å². The fraction of sp³-hybridized carbons (Fsp3) is 0.412. The molecule has 0 saturated heterocycles. The quantitative estimate of drug-likeness (QED) is 0.770. The largest absolute Gasteiger partial charge is 0.388 e. The van der Waals surface area contributed by atoms with Gasteiger partial charge in [0.1, 0.15) is 5.76 Å². The Labute approximate surface area is 130 Å². The first kappa shape index (κ1) is 16.2. The molecule has 0 fully saturated rings. The van der Waals surface area contributed by atoms with Crippen molar-refractivity contribution in [1.82, 2.24) is 10.5 Å². The van der Waals surface area contributed by atoms with Crippen molar-refractivity contribution in [3.05, 3.63) is 52.9 Å². The van der Waals surface area contributed by atoms with Crippen molar-refractivity contribution >= 4 is 5.91 Å². The second-order valence-electron chi connectivity index (χ2n) is 5.39. The molecule has 5 heteroatoms. The summed E-state index contributed by atoms with van der Waals surface area (Å²) in [5.74, 6) is 0.693. The van der Waals surface area contributed by atoms with E-state index in [0.717, 1.165) is 35.4 Å². The second-order valence-corrected chi connectivity index (χ2v) is 5.39. The highest BCUT2D eigenvalue weighted by molar-refractivity contribution is 5.76. The van der Waals surface area contributed by atoms with Gasteiger partial charge in [-0.15, -0.1) is 0 Å². The van der Waals surface area contributed by atoms with Gasteiger partial charge in [-0.1, -0.05) is 35.5 Å². The highest BCUT2D eigenvalue weighted by atomic mass is 16.5. The number of benzene rings is 1. The van der Waals surface area contributed by atoms with Gasteiger partial charge in [0.05, 0.1) is 18.2 Å². The van der Waals surface area contributed by atoms with Crippen LogP contribution in [0.15, 0.2) is 34.9 Å². The highest BCUT2D eigenvalue weighted by Crippen LogP contribution is 2.16. The first-order valence-corrected chi connectivity index (χ1v) is 7.49. The minimum absolute atomic E-state index is 0.0787. The molecule has 2 aromatic rings. The smallest absolute Gasteiger partial charge is 0.222 e. The predicted molar refractivity (Wildman–Crippen MR) is 83.3 cm³/mol. The van der Waals surface area contributed by atoms with Crippen molar-refractivity contribution in [2.75, 3.05) is 6.54 Å². The summed E-state index contributed by atoms with van der Waals surface area (Å²) in [5, 5.41) is 16.7. The van der Waals surface area contributed by atoms with Gasteiger partial charge in [0.25, 0.3) is 0 Å². The molecule has 2 rings (SSSR count). The number of aliphatic hydroxyl groups excluding tert-OH is 1. The van der Waals surface area contributed by atoms with Crippen LogP contribution in [0.2, 0.25) is 0 Å². The Morgan fingerprint density at radius 2 is 2.05 bits per heavy atom. The van der Waals surface area contributed by atoms with E-state index in [9.17, 15) is 9.90 Å². The molecule has 1 amide bonds. The molecule has 1 atom stereocenters. The topological polar surface area (TPSA) is 75.4 Å². The minimum atomic E-state index is -0.760. The van der Waals surface area contributed by atoms with Crippen LogP contribution in [-0.2, 0) is 11.2 Å². The average Bonchev–Trinajstić information content (AvgIpc) is 2.83. The summed E-state index contributed by atoms with van der Waals surface area (Å²) < 4.78 is 5.10. The predicted octanol–water partition coefficient (Wildman–Crippen LogP) is 2.46. The molecule has 0 spiro atoms. The Balaban J connectivity index is 1.70. The van der Waals surface area contributed by atoms with Crippen LogP contribution >= 0.6 is 0 Å². The number of amides is 1. The van der Waals surface area contributed by atoms with Gasteiger partial charge in [0.2, 0.25) is 5.91 Å². The molecule has 1 heterocycles. The molecule has 0 aliphatic heterocycles. The van der Waals surface area contributed by atoms with Gasteiger partial charge < -0.3 is 14.9 Å². The number of aromatic nitrogens is 1. The van der Waals surface area contributed by atoms with Crippen LogP contribution < -0.4 is 5.32 Å². The van der Waals surface area contributed by atoms with E-state index in [1.807, 2.05) is 44.2 Å². The van der Waals surface area contributed by atoms with E-state index in [2.05, 4.69) is 10.5 Å². The van der Waals surface area contributed by atoms with Crippen LogP contribution in [0.3, 0.4) is 0 Å². The van der Waals surface area contributed by atoms with Crippen LogP contribution in [0.5, 0.6) is 0 Å². The molecular formula is C17H22N2O3. The van der Waals surface area contributed by atoms with E-state index in [4.69, 9.17) is 4.52 Å². The molecule has 0 saturated carbocycles. The molecule has 118 valence electrons. The summed E-state index contributed by atoms with van der Waals surface area (Å²) in [4.78, 5) is 11.8. The third-order valence-electron chi connectivity index (χ3n) is 3.67. The SMILES string of the molecule is Cc1noc(C)c1CCCNC(=O)CC(O)c1ccccc1. The van der Waals surface area contributed by atoms with Gasteiger partial charge >= 0.3 is 0 Å². The van der Waals surface area contributed by atoms with Crippen LogP contribution in [-0.4, -0.2) is 22.7 Å². The summed E-state index contributed by atoms with van der Waals surface area (Å²) >= 11 is 0. The van der Waals surface area contributed by atoms with Crippen LogP contribution in [0, 0.1) is 13.8 Å². The summed E-state index contributed by atoms with van der Waals surface area (Å²) in [6.07, 6.45) is 0.956. The number of aliphatic hydroxyl groups is 1. The summed E-state index contributed by atoms with van der Waals surface area (Å²) in [5.41, 5.74) is 2.77. The third-order valence-corrected chi connectivity index (χ3v) is 3.67. The van der Waals surface area contributed by atoms with Crippen LogP contribution in [0.1, 0.15) is 41.5 Å². The maximum absolute atomic E-state index is 11.8. The number of nitrogens with one attached hydrogen (secondary N) is 1. The van der Waals surface area contributed by atoms with Gasteiger partial charge in [-0.2, -0.15) is 0 Å². The number of aryl methyl sites for hydroxylation is 2. The normalized spacial score (nSPS) is 12.1. The molecule has 1 aromatic heterocycles. The summed E-state index contributed by atoms with van der Waals surface area (Å²) in [6, 6.07) is 9.20. The number of carbonyl (C=O) groups is 1. The maximum Gasteiger partial charge on any atom is 0.222 e. The van der Waals surface area contributed by atoms with Gasteiger partial charge in [-0.25, -0.2) is 0 Å². The fourth-order valence-electron chi connectivity index (χ4n) is 2.39. The Kier molecular flexibility index (Phi) is 5.72. The van der Waals surface area contributed by atoms with Crippen LogP contribution in [0.25, 0.3) is 0 Å². The van der Waals surface area contributed by atoms with Crippen molar-refractivity contribution in [3.8, 4) is 0 Å². The zero-order chi connectivity index (χ0) is 15.9. The van der Waals surface area contributed by atoms with Gasteiger partial charge in [0, 0.05) is 12.1 Å². The van der Waals surface area contributed by atoms with Crippen molar-refractivity contribution < 1.29 is 14.4 Å². The second kappa shape index (κ2) is 7.75. The molecule has 0 aliphatic rings. The Hall–Kier alpha value is -2.14. The number of carbonyl (C=O) groups excluding carboxylic acids is 1. The van der Waals surface area contributed by atoms with Crippen LogP contribution in [0.4, 0.5) is 0 Å². The molecule has 1 aromatic carbocycles. The lowest BCUT2D eigenvalue weighted by Crippen LogP contribution is -2.26. The van der Waals surface area contributed by atoms with Crippen molar-refractivity contribution in [3.63, 3.8) is 0 Å². The first-order valence-electron chi connectivity index (χ1n) is 7.49. The molecule has 2 N–H and O–H groups in total. The maximum atomic E-state index is 11.8. The number of hydrogen-bond acceptors (Lipinski definition) is 4. The van der Waals surface area contributed by atoms with E-state index in [0.29, 0.717) is 6.54 Å². The Bertz CT molecular complexity index is 588. The van der Waals surface area contributed by atoms with E-state index >= 15 is 0 Å². The monoisotopic (exact) mass is 302 g/mol. The molecular weight excluding hydrogens is 280 g/mol. The summed E-state index contributed by atoms with van der Waals surface area (Å²) in [6.45, 7) is 4.38. The standard InChI is InChI=1S/C17H22N2O3/c1-12-15(13(2)22-19-12)9-6-10-18-17(21)11-16(20)14-7-4-3-5-8-14/h3-5,7-8,16,20H,6,9-11H2,1-2H3,(H,18,21). The van der Waals surface area contributed by atoms with Gasteiger partial charge in [-0.05, 0) is 32.3 Å². The number of rotatable bonds is 7. The number of nitrogens with zero attached hydrogens (tertiary/aromatic N) is 1. The fourth-order valence-corrected chi connectivity index (χ4v) is 2.39. The van der Waals surface area contributed by atoms with Gasteiger partial charge in [0.15, 0.2) is 0 Å². The highest BCUT2D eigenvalue weighted by Gasteiger charge is 2.13. The van der Waals surface area contributed by atoms with E-state index in [1.165, 1.54) is 0 Å². The van der Waals surface area contributed by atoms with Crippen molar-refractivity contribution in [2.45, 2.75) is 39.2 Å². The van der Waals surface area contributed by atoms with E-state index in [-0.39, 0.29) is 12.3 Å².